The number of aromatic hydroxyl groups is 1. The third kappa shape index (κ3) is 3.20. The Hall–Kier alpha value is -1.06. The van der Waals surface area contributed by atoms with E-state index in [-0.39, 0.29) is 5.54 Å². The van der Waals surface area contributed by atoms with Gasteiger partial charge in [-0.2, -0.15) is 0 Å². The van der Waals surface area contributed by atoms with Gasteiger partial charge in [0.1, 0.15) is 5.75 Å². The van der Waals surface area contributed by atoms with Crippen LogP contribution in [0.1, 0.15) is 32.3 Å². The van der Waals surface area contributed by atoms with Gasteiger partial charge in [-0.25, -0.2) is 0 Å². The molecule has 0 unspecified atom stereocenters. The summed E-state index contributed by atoms with van der Waals surface area (Å²) < 4.78 is 0. The normalized spacial score (nSPS) is 12.1. The van der Waals surface area contributed by atoms with E-state index in [1.165, 1.54) is 0 Å². The van der Waals surface area contributed by atoms with E-state index in [4.69, 9.17) is 5.73 Å². The summed E-state index contributed by atoms with van der Waals surface area (Å²) in [4.78, 5) is 2.29. The molecular formula is C14H24N2O. The van der Waals surface area contributed by atoms with Crippen LogP contribution >= 0.6 is 0 Å². The van der Waals surface area contributed by atoms with Crippen LogP contribution < -0.4 is 5.73 Å². The Labute approximate surface area is 104 Å². The van der Waals surface area contributed by atoms with Gasteiger partial charge in [-0.1, -0.05) is 26.0 Å². The fourth-order valence-corrected chi connectivity index (χ4v) is 2.33. The molecule has 0 spiro atoms. The highest BCUT2D eigenvalue weighted by molar-refractivity contribution is 5.27. The third-order valence-electron chi connectivity index (χ3n) is 3.84. The van der Waals surface area contributed by atoms with Crippen LogP contribution in [-0.2, 0) is 6.54 Å². The van der Waals surface area contributed by atoms with Crippen molar-refractivity contribution in [3.05, 3.63) is 29.8 Å². The van der Waals surface area contributed by atoms with E-state index >= 15 is 0 Å². The monoisotopic (exact) mass is 236 g/mol. The molecule has 0 aromatic heterocycles. The third-order valence-corrected chi connectivity index (χ3v) is 3.84. The number of rotatable bonds is 6. The van der Waals surface area contributed by atoms with Crippen molar-refractivity contribution in [2.45, 2.75) is 38.8 Å². The number of nitrogens with zero attached hydrogens (tertiary/aromatic N) is 1. The number of phenolic OH excluding ortho intramolecular Hbond substituents is 1. The lowest BCUT2D eigenvalue weighted by Crippen LogP contribution is -2.50. The smallest absolute Gasteiger partial charge is 0.115 e. The topological polar surface area (TPSA) is 49.5 Å². The van der Waals surface area contributed by atoms with E-state index in [1.54, 1.807) is 6.07 Å². The van der Waals surface area contributed by atoms with Gasteiger partial charge < -0.3 is 10.8 Å². The fraction of sp³-hybridized carbons (Fsp3) is 0.571. The van der Waals surface area contributed by atoms with Crippen LogP contribution in [0.3, 0.4) is 0 Å². The number of phenols is 1. The number of hydrogen-bond acceptors (Lipinski definition) is 3. The van der Waals surface area contributed by atoms with Gasteiger partial charge in [0.15, 0.2) is 0 Å². The Kier molecular flexibility index (Phi) is 4.97. The SMILES string of the molecule is CCC(CC)(CN)N(C)Cc1cccc(O)c1. The van der Waals surface area contributed by atoms with Crippen LogP contribution in [0.4, 0.5) is 0 Å². The van der Waals surface area contributed by atoms with Gasteiger partial charge in [0.2, 0.25) is 0 Å². The molecule has 3 N–H and O–H groups in total. The number of benzene rings is 1. The molecule has 0 amide bonds. The average Bonchev–Trinajstić information content (AvgIpc) is 2.32. The van der Waals surface area contributed by atoms with Crippen molar-refractivity contribution in [3.8, 4) is 5.75 Å². The summed E-state index contributed by atoms with van der Waals surface area (Å²) in [6.45, 7) is 5.83. The van der Waals surface area contributed by atoms with Gasteiger partial charge in [-0.15, -0.1) is 0 Å². The molecule has 0 atom stereocenters. The first kappa shape index (κ1) is 14.0. The van der Waals surface area contributed by atoms with E-state index in [0.29, 0.717) is 12.3 Å². The van der Waals surface area contributed by atoms with Crippen LogP contribution in [0.5, 0.6) is 5.75 Å². The highest BCUT2D eigenvalue weighted by atomic mass is 16.3. The van der Waals surface area contributed by atoms with Gasteiger partial charge in [-0.05, 0) is 37.6 Å². The highest BCUT2D eigenvalue weighted by Crippen LogP contribution is 2.24. The lowest BCUT2D eigenvalue weighted by atomic mass is 9.90. The molecule has 3 nitrogen and oxygen atoms in total. The van der Waals surface area contributed by atoms with Crippen molar-refractivity contribution in [1.82, 2.24) is 4.90 Å². The van der Waals surface area contributed by atoms with Gasteiger partial charge >= 0.3 is 0 Å². The molecule has 0 aliphatic carbocycles. The lowest BCUT2D eigenvalue weighted by Gasteiger charge is -2.40. The van der Waals surface area contributed by atoms with Crippen LogP contribution in [0.25, 0.3) is 0 Å². The molecule has 96 valence electrons. The van der Waals surface area contributed by atoms with Crippen molar-refractivity contribution in [2.75, 3.05) is 13.6 Å². The van der Waals surface area contributed by atoms with Crippen LogP contribution in [0.2, 0.25) is 0 Å². The van der Waals surface area contributed by atoms with E-state index in [9.17, 15) is 5.11 Å². The molecule has 0 bridgehead atoms. The zero-order valence-corrected chi connectivity index (χ0v) is 11.1. The minimum atomic E-state index is 0.0610. The minimum absolute atomic E-state index is 0.0610. The second-order valence-electron chi connectivity index (χ2n) is 4.66. The quantitative estimate of drug-likeness (QED) is 0.797. The molecule has 0 radical (unpaired) electrons. The van der Waals surface area contributed by atoms with Crippen molar-refractivity contribution in [1.29, 1.82) is 0 Å². The molecule has 0 saturated carbocycles. The zero-order valence-electron chi connectivity index (χ0n) is 11.1. The maximum absolute atomic E-state index is 9.46. The van der Waals surface area contributed by atoms with E-state index in [1.807, 2.05) is 18.2 Å². The Morgan fingerprint density at radius 1 is 1.29 bits per heavy atom. The second-order valence-corrected chi connectivity index (χ2v) is 4.66. The molecule has 0 saturated heterocycles. The molecule has 1 rings (SSSR count). The Morgan fingerprint density at radius 3 is 2.41 bits per heavy atom. The first-order valence-electron chi connectivity index (χ1n) is 6.27. The Balaban J connectivity index is 2.80. The number of hydrogen-bond donors (Lipinski definition) is 2. The van der Waals surface area contributed by atoms with Crippen molar-refractivity contribution >= 4 is 0 Å². The summed E-state index contributed by atoms with van der Waals surface area (Å²) in [5.41, 5.74) is 7.10. The largest absolute Gasteiger partial charge is 0.508 e. The predicted octanol–water partition coefficient (Wildman–Crippen LogP) is 2.34. The number of nitrogens with two attached hydrogens (primary N) is 1. The number of likely N-dealkylation sites (N-methyl/N-ethyl adjacent to an activating group) is 1. The summed E-state index contributed by atoms with van der Waals surface area (Å²) in [5.74, 6) is 0.322. The van der Waals surface area contributed by atoms with Crippen molar-refractivity contribution in [3.63, 3.8) is 0 Å². The summed E-state index contributed by atoms with van der Waals surface area (Å²) in [7, 11) is 2.10. The standard InChI is InChI=1S/C14H24N2O/c1-4-14(5-2,11-15)16(3)10-12-7-6-8-13(17)9-12/h6-9,17H,4-5,10-11,15H2,1-3H3. The van der Waals surface area contributed by atoms with Crippen LogP contribution in [0, 0.1) is 0 Å². The van der Waals surface area contributed by atoms with Crippen molar-refractivity contribution in [2.24, 2.45) is 5.73 Å². The maximum atomic E-state index is 9.46. The molecule has 0 fully saturated rings. The van der Waals surface area contributed by atoms with Gasteiger partial charge in [0.05, 0.1) is 0 Å². The second kappa shape index (κ2) is 6.03. The predicted molar refractivity (Wildman–Crippen MR) is 71.9 cm³/mol. The lowest BCUT2D eigenvalue weighted by molar-refractivity contribution is 0.108. The molecule has 3 heteroatoms. The first-order valence-corrected chi connectivity index (χ1v) is 6.27. The van der Waals surface area contributed by atoms with E-state index < -0.39 is 0 Å². The molecule has 17 heavy (non-hydrogen) atoms. The zero-order chi connectivity index (χ0) is 12.9. The summed E-state index contributed by atoms with van der Waals surface area (Å²) in [5, 5.41) is 9.46. The highest BCUT2D eigenvalue weighted by Gasteiger charge is 2.29. The van der Waals surface area contributed by atoms with Crippen LogP contribution in [0.15, 0.2) is 24.3 Å². The maximum Gasteiger partial charge on any atom is 0.115 e. The average molecular weight is 236 g/mol. The first-order chi connectivity index (χ1) is 8.07. The molecule has 0 heterocycles. The van der Waals surface area contributed by atoms with Crippen LogP contribution in [-0.4, -0.2) is 29.1 Å². The summed E-state index contributed by atoms with van der Waals surface area (Å²) >= 11 is 0. The molecular weight excluding hydrogens is 212 g/mol. The van der Waals surface area contributed by atoms with Gasteiger partial charge in [0, 0.05) is 18.6 Å². The Bertz CT molecular complexity index is 340. The molecule has 1 aromatic carbocycles. The minimum Gasteiger partial charge on any atom is -0.508 e. The molecule has 1 aromatic rings. The summed E-state index contributed by atoms with van der Waals surface area (Å²) in [6, 6.07) is 7.41. The van der Waals surface area contributed by atoms with E-state index in [2.05, 4.69) is 25.8 Å². The van der Waals surface area contributed by atoms with Crippen molar-refractivity contribution < 1.29 is 5.11 Å². The fourth-order valence-electron chi connectivity index (χ4n) is 2.33. The molecule has 0 aliphatic heterocycles. The Morgan fingerprint density at radius 2 is 1.94 bits per heavy atom. The van der Waals surface area contributed by atoms with Gasteiger partial charge in [0.25, 0.3) is 0 Å². The van der Waals surface area contributed by atoms with Gasteiger partial charge in [-0.3, -0.25) is 4.90 Å². The molecule has 0 aliphatic rings. The van der Waals surface area contributed by atoms with E-state index in [0.717, 1.165) is 24.9 Å². The summed E-state index contributed by atoms with van der Waals surface area (Å²) in [6.07, 6.45) is 2.07.